The van der Waals surface area contributed by atoms with E-state index in [1.807, 2.05) is 44.2 Å². The minimum absolute atomic E-state index is 0.0607. The van der Waals surface area contributed by atoms with Crippen molar-refractivity contribution >= 4 is 5.91 Å². The van der Waals surface area contributed by atoms with Gasteiger partial charge in [0.25, 0.3) is 0 Å². The van der Waals surface area contributed by atoms with Crippen molar-refractivity contribution in [2.24, 2.45) is 5.92 Å². The lowest BCUT2D eigenvalue weighted by atomic mass is 10.1. The van der Waals surface area contributed by atoms with Crippen LogP contribution in [0.5, 0.6) is 0 Å². The normalized spacial score (nSPS) is 14.2. The second-order valence-corrected chi connectivity index (χ2v) is 4.98. The zero-order valence-electron chi connectivity index (χ0n) is 11.8. The Bertz CT molecular complexity index is 378. The van der Waals surface area contributed by atoms with Gasteiger partial charge in [-0.2, -0.15) is 0 Å². The van der Waals surface area contributed by atoms with Crippen LogP contribution in [0.1, 0.15) is 26.3 Å². The lowest BCUT2D eigenvalue weighted by Gasteiger charge is -2.22. The molecule has 2 N–H and O–H groups in total. The number of benzene rings is 1. The topological polar surface area (TPSA) is 58.6 Å². The molecule has 0 aliphatic rings. The molecule has 1 aromatic carbocycles. The van der Waals surface area contributed by atoms with Gasteiger partial charge in [-0.15, -0.1) is 0 Å². The van der Waals surface area contributed by atoms with Crippen LogP contribution in [0.3, 0.4) is 0 Å². The number of nitrogens with one attached hydrogen (secondary N) is 1. The summed E-state index contributed by atoms with van der Waals surface area (Å²) in [4.78, 5) is 11.9. The fraction of sp³-hybridized carbons (Fsp3) is 0.533. The van der Waals surface area contributed by atoms with Crippen LogP contribution in [0.4, 0.5) is 0 Å². The number of ether oxygens (including phenoxy) is 1. The second kappa shape index (κ2) is 7.92. The highest BCUT2D eigenvalue weighted by Gasteiger charge is 2.19. The molecule has 1 unspecified atom stereocenters. The van der Waals surface area contributed by atoms with Gasteiger partial charge >= 0.3 is 0 Å². The van der Waals surface area contributed by atoms with Crippen LogP contribution >= 0.6 is 0 Å². The Morgan fingerprint density at radius 2 is 1.89 bits per heavy atom. The Morgan fingerprint density at radius 1 is 1.26 bits per heavy atom. The molecule has 0 aliphatic carbocycles. The van der Waals surface area contributed by atoms with Gasteiger partial charge in [-0.3, -0.25) is 4.79 Å². The fourth-order valence-corrected chi connectivity index (χ4v) is 1.59. The SMILES string of the molecule is CC(OCc1ccccc1)C(=O)N[C@H](CO)C(C)C. The van der Waals surface area contributed by atoms with Gasteiger partial charge in [0, 0.05) is 0 Å². The molecule has 0 aliphatic heterocycles. The Morgan fingerprint density at radius 3 is 2.42 bits per heavy atom. The van der Waals surface area contributed by atoms with E-state index in [0.29, 0.717) is 6.61 Å². The third-order valence-electron chi connectivity index (χ3n) is 3.04. The van der Waals surface area contributed by atoms with Gasteiger partial charge in [0.2, 0.25) is 5.91 Å². The molecule has 4 heteroatoms. The number of rotatable bonds is 7. The lowest BCUT2D eigenvalue weighted by Crippen LogP contribution is -2.45. The Hall–Kier alpha value is -1.39. The third-order valence-corrected chi connectivity index (χ3v) is 3.04. The minimum Gasteiger partial charge on any atom is -0.394 e. The molecule has 19 heavy (non-hydrogen) atoms. The van der Waals surface area contributed by atoms with Crippen molar-refractivity contribution in [2.75, 3.05) is 6.61 Å². The molecule has 2 atom stereocenters. The van der Waals surface area contributed by atoms with Crippen molar-refractivity contribution in [1.29, 1.82) is 0 Å². The summed E-state index contributed by atoms with van der Waals surface area (Å²) in [6, 6.07) is 9.49. The minimum atomic E-state index is -0.534. The van der Waals surface area contributed by atoms with Crippen LogP contribution in [0, 0.1) is 5.92 Å². The maximum absolute atomic E-state index is 11.9. The van der Waals surface area contributed by atoms with E-state index in [1.165, 1.54) is 0 Å². The van der Waals surface area contributed by atoms with Gasteiger partial charge in [0.05, 0.1) is 19.3 Å². The van der Waals surface area contributed by atoms with E-state index in [1.54, 1.807) is 6.92 Å². The predicted octanol–water partition coefficient (Wildman–Crippen LogP) is 1.72. The average molecular weight is 265 g/mol. The van der Waals surface area contributed by atoms with Crippen LogP contribution in [-0.4, -0.2) is 29.8 Å². The summed E-state index contributed by atoms with van der Waals surface area (Å²) in [5, 5.41) is 12.0. The Kier molecular flexibility index (Phi) is 6.53. The van der Waals surface area contributed by atoms with Crippen molar-refractivity contribution in [3.05, 3.63) is 35.9 Å². The van der Waals surface area contributed by atoms with Crippen molar-refractivity contribution in [1.82, 2.24) is 5.32 Å². The van der Waals surface area contributed by atoms with Crippen molar-refractivity contribution in [2.45, 2.75) is 39.5 Å². The zero-order valence-corrected chi connectivity index (χ0v) is 11.8. The van der Waals surface area contributed by atoms with Crippen LogP contribution in [0.2, 0.25) is 0 Å². The average Bonchev–Trinajstić information content (AvgIpc) is 2.42. The van der Waals surface area contributed by atoms with Crippen LogP contribution in [0.25, 0.3) is 0 Å². The van der Waals surface area contributed by atoms with Gasteiger partial charge in [0.1, 0.15) is 6.10 Å². The van der Waals surface area contributed by atoms with E-state index in [-0.39, 0.29) is 24.5 Å². The summed E-state index contributed by atoms with van der Waals surface area (Å²) in [6.07, 6.45) is -0.534. The highest BCUT2D eigenvalue weighted by atomic mass is 16.5. The maximum Gasteiger partial charge on any atom is 0.249 e. The Labute approximate surface area is 114 Å². The van der Waals surface area contributed by atoms with E-state index >= 15 is 0 Å². The number of aliphatic hydroxyl groups is 1. The van der Waals surface area contributed by atoms with Crippen LogP contribution < -0.4 is 5.32 Å². The number of hydrogen-bond acceptors (Lipinski definition) is 3. The summed E-state index contributed by atoms with van der Waals surface area (Å²) in [5.74, 6) is -0.000968. The highest BCUT2D eigenvalue weighted by Crippen LogP contribution is 2.05. The van der Waals surface area contributed by atoms with E-state index in [4.69, 9.17) is 4.74 Å². The first-order chi connectivity index (χ1) is 9.04. The van der Waals surface area contributed by atoms with Crippen LogP contribution in [0.15, 0.2) is 30.3 Å². The van der Waals surface area contributed by atoms with Crippen molar-refractivity contribution < 1.29 is 14.6 Å². The molecule has 1 aromatic rings. The maximum atomic E-state index is 11.9. The third kappa shape index (κ3) is 5.41. The molecule has 1 amide bonds. The molecule has 106 valence electrons. The monoisotopic (exact) mass is 265 g/mol. The summed E-state index contributed by atoms with van der Waals surface area (Å²) in [6.45, 7) is 5.97. The molecule has 4 nitrogen and oxygen atoms in total. The first-order valence-corrected chi connectivity index (χ1v) is 6.61. The van der Waals surface area contributed by atoms with E-state index in [0.717, 1.165) is 5.56 Å². The zero-order chi connectivity index (χ0) is 14.3. The number of aliphatic hydroxyl groups excluding tert-OH is 1. The Balaban J connectivity index is 2.40. The molecule has 0 saturated heterocycles. The van der Waals surface area contributed by atoms with E-state index in [9.17, 15) is 9.90 Å². The van der Waals surface area contributed by atoms with Gasteiger partial charge < -0.3 is 15.2 Å². The first-order valence-electron chi connectivity index (χ1n) is 6.61. The summed E-state index contributed by atoms with van der Waals surface area (Å²) in [5.41, 5.74) is 1.03. The predicted molar refractivity (Wildman–Crippen MR) is 74.5 cm³/mol. The molecule has 0 spiro atoms. The lowest BCUT2D eigenvalue weighted by molar-refractivity contribution is -0.133. The molecule has 0 saturated carbocycles. The molecular weight excluding hydrogens is 242 g/mol. The number of carbonyl (C=O) groups is 1. The second-order valence-electron chi connectivity index (χ2n) is 4.98. The number of amides is 1. The fourth-order valence-electron chi connectivity index (χ4n) is 1.59. The van der Waals surface area contributed by atoms with E-state index < -0.39 is 6.10 Å². The molecule has 0 radical (unpaired) electrons. The summed E-state index contributed by atoms with van der Waals surface area (Å²) < 4.78 is 5.52. The van der Waals surface area contributed by atoms with Crippen LogP contribution in [-0.2, 0) is 16.1 Å². The largest absolute Gasteiger partial charge is 0.394 e. The summed E-state index contributed by atoms with van der Waals surface area (Å²) >= 11 is 0. The molecule has 1 rings (SSSR count). The first kappa shape index (κ1) is 15.7. The molecular formula is C15H23NO3. The van der Waals surface area contributed by atoms with Crippen molar-refractivity contribution in [3.8, 4) is 0 Å². The van der Waals surface area contributed by atoms with Gasteiger partial charge in [-0.1, -0.05) is 44.2 Å². The number of hydrogen-bond donors (Lipinski definition) is 2. The molecule has 0 aromatic heterocycles. The smallest absolute Gasteiger partial charge is 0.249 e. The molecule has 0 fully saturated rings. The molecule has 0 heterocycles. The van der Waals surface area contributed by atoms with Gasteiger partial charge in [-0.25, -0.2) is 0 Å². The number of carbonyl (C=O) groups excluding carboxylic acids is 1. The van der Waals surface area contributed by atoms with E-state index in [2.05, 4.69) is 5.32 Å². The summed E-state index contributed by atoms with van der Waals surface area (Å²) in [7, 11) is 0. The molecule has 0 bridgehead atoms. The van der Waals surface area contributed by atoms with Gasteiger partial charge in [-0.05, 0) is 18.4 Å². The highest BCUT2D eigenvalue weighted by molar-refractivity contribution is 5.80. The van der Waals surface area contributed by atoms with Crippen molar-refractivity contribution in [3.63, 3.8) is 0 Å². The standard InChI is InChI=1S/C15H23NO3/c1-11(2)14(9-17)16-15(18)12(3)19-10-13-7-5-4-6-8-13/h4-8,11-12,14,17H,9-10H2,1-3H3,(H,16,18)/t12?,14-/m1/s1. The van der Waals surface area contributed by atoms with Gasteiger partial charge in [0.15, 0.2) is 0 Å². The quantitative estimate of drug-likeness (QED) is 0.789.